The smallest absolute Gasteiger partial charge is 0.138 e. The summed E-state index contributed by atoms with van der Waals surface area (Å²) in [5, 5.41) is 0. The number of hydrogen-bond acceptors (Lipinski definition) is 3. The van der Waals surface area contributed by atoms with Gasteiger partial charge in [0.05, 0.1) is 25.0 Å². The van der Waals surface area contributed by atoms with Crippen molar-refractivity contribution >= 4 is 0 Å². The van der Waals surface area contributed by atoms with Gasteiger partial charge in [-0.3, -0.25) is 0 Å². The largest absolute Gasteiger partial charge is 0.467 e. The molecule has 2 aromatic rings. The summed E-state index contributed by atoms with van der Waals surface area (Å²) in [6.07, 6.45) is 1.59. The number of hydrogen-bond donors (Lipinski definition) is 1. The molecule has 0 saturated heterocycles. The van der Waals surface area contributed by atoms with Gasteiger partial charge in [0.2, 0.25) is 0 Å². The molecule has 0 aliphatic heterocycles. The van der Waals surface area contributed by atoms with E-state index in [1.807, 2.05) is 6.07 Å². The van der Waals surface area contributed by atoms with Crippen molar-refractivity contribution in [3.05, 3.63) is 59.3 Å². The average molecular weight is 259 g/mol. The van der Waals surface area contributed by atoms with E-state index in [-0.39, 0.29) is 12.4 Å². The van der Waals surface area contributed by atoms with Gasteiger partial charge in [-0.2, -0.15) is 0 Å². The third-order valence-electron chi connectivity index (χ3n) is 2.45. The van der Waals surface area contributed by atoms with Crippen molar-refractivity contribution in [2.75, 3.05) is 6.54 Å². The van der Waals surface area contributed by atoms with Crippen molar-refractivity contribution in [1.82, 2.24) is 0 Å². The van der Waals surface area contributed by atoms with Crippen LogP contribution in [0.1, 0.15) is 16.9 Å². The molecule has 0 atom stereocenters. The van der Waals surface area contributed by atoms with E-state index >= 15 is 0 Å². The zero-order chi connectivity index (χ0) is 13.5. The molecular formula is C15H14FNO2. The van der Waals surface area contributed by atoms with Crippen molar-refractivity contribution in [2.45, 2.75) is 13.2 Å². The molecule has 0 fully saturated rings. The Morgan fingerprint density at radius 3 is 2.89 bits per heavy atom. The fourth-order valence-corrected chi connectivity index (χ4v) is 1.57. The molecular weight excluding hydrogens is 245 g/mol. The van der Waals surface area contributed by atoms with Crippen LogP contribution < -0.4 is 5.73 Å². The molecule has 1 aromatic heterocycles. The number of benzene rings is 1. The summed E-state index contributed by atoms with van der Waals surface area (Å²) in [5.74, 6) is 5.73. The second kappa shape index (κ2) is 6.74. The molecule has 0 aliphatic rings. The summed E-state index contributed by atoms with van der Waals surface area (Å²) in [7, 11) is 0. The quantitative estimate of drug-likeness (QED) is 0.858. The van der Waals surface area contributed by atoms with Gasteiger partial charge < -0.3 is 14.9 Å². The Bertz CT molecular complexity index is 582. The SMILES string of the molecule is NCC#Cc1cc(COCc2ccco2)ccc1F. The standard InChI is InChI=1S/C15H14FNO2/c16-15-6-5-12(9-13(15)3-1-7-17)10-18-11-14-4-2-8-19-14/h2,4-6,8-9H,7,10-11,17H2. The third-order valence-corrected chi connectivity index (χ3v) is 2.45. The maximum atomic E-state index is 13.4. The van der Waals surface area contributed by atoms with E-state index in [1.165, 1.54) is 6.07 Å². The Kier molecular flexibility index (Phi) is 4.73. The Morgan fingerprint density at radius 1 is 1.26 bits per heavy atom. The summed E-state index contributed by atoms with van der Waals surface area (Å²) < 4.78 is 24.1. The first-order valence-electron chi connectivity index (χ1n) is 5.87. The monoisotopic (exact) mass is 259 g/mol. The predicted molar refractivity (Wildman–Crippen MR) is 69.5 cm³/mol. The number of ether oxygens (including phenoxy) is 1. The molecule has 1 aromatic carbocycles. The first-order chi connectivity index (χ1) is 9.29. The number of furan rings is 1. The van der Waals surface area contributed by atoms with E-state index in [0.29, 0.717) is 18.8 Å². The summed E-state index contributed by atoms with van der Waals surface area (Å²) in [6, 6.07) is 8.36. The minimum atomic E-state index is -0.351. The fraction of sp³-hybridized carbons (Fsp3) is 0.200. The summed E-state index contributed by atoms with van der Waals surface area (Å²) in [4.78, 5) is 0. The van der Waals surface area contributed by atoms with Crippen molar-refractivity contribution in [2.24, 2.45) is 5.73 Å². The van der Waals surface area contributed by atoms with Gasteiger partial charge in [0, 0.05) is 0 Å². The third kappa shape index (κ3) is 3.95. The summed E-state index contributed by atoms with van der Waals surface area (Å²) in [5.41, 5.74) is 6.46. The molecule has 98 valence electrons. The highest BCUT2D eigenvalue weighted by molar-refractivity contribution is 5.38. The number of halogens is 1. The van der Waals surface area contributed by atoms with Crippen LogP contribution in [0.4, 0.5) is 4.39 Å². The highest BCUT2D eigenvalue weighted by Gasteiger charge is 2.02. The van der Waals surface area contributed by atoms with Gasteiger partial charge in [0.15, 0.2) is 0 Å². The molecule has 4 heteroatoms. The molecule has 2 rings (SSSR count). The maximum Gasteiger partial charge on any atom is 0.138 e. The molecule has 3 nitrogen and oxygen atoms in total. The van der Waals surface area contributed by atoms with Gasteiger partial charge >= 0.3 is 0 Å². The van der Waals surface area contributed by atoms with Crippen LogP contribution in [0.5, 0.6) is 0 Å². The predicted octanol–water partition coefficient (Wildman–Crippen LogP) is 2.45. The van der Waals surface area contributed by atoms with Gasteiger partial charge in [-0.05, 0) is 29.8 Å². The van der Waals surface area contributed by atoms with Crippen LogP contribution in [0, 0.1) is 17.7 Å². The van der Waals surface area contributed by atoms with Gasteiger partial charge in [-0.25, -0.2) is 4.39 Å². The number of nitrogens with two attached hydrogens (primary N) is 1. The van der Waals surface area contributed by atoms with E-state index in [1.54, 1.807) is 24.5 Å². The van der Waals surface area contributed by atoms with Crippen molar-refractivity contribution in [3.63, 3.8) is 0 Å². The first-order valence-corrected chi connectivity index (χ1v) is 5.87. The molecule has 0 amide bonds. The number of rotatable bonds is 4. The van der Waals surface area contributed by atoms with Crippen LogP contribution in [0.3, 0.4) is 0 Å². The van der Waals surface area contributed by atoms with Crippen LogP contribution in [0.2, 0.25) is 0 Å². The second-order valence-corrected chi connectivity index (χ2v) is 3.89. The maximum absolute atomic E-state index is 13.4. The normalized spacial score (nSPS) is 10.0. The topological polar surface area (TPSA) is 48.4 Å². The molecule has 0 bridgehead atoms. The van der Waals surface area contributed by atoms with E-state index in [0.717, 1.165) is 11.3 Å². The average Bonchev–Trinajstić information content (AvgIpc) is 2.92. The zero-order valence-corrected chi connectivity index (χ0v) is 10.4. The van der Waals surface area contributed by atoms with E-state index in [4.69, 9.17) is 14.9 Å². The van der Waals surface area contributed by atoms with E-state index in [2.05, 4.69) is 11.8 Å². The lowest BCUT2D eigenvalue weighted by Crippen LogP contribution is -1.96. The lowest BCUT2D eigenvalue weighted by Gasteiger charge is -2.04. The van der Waals surface area contributed by atoms with Gasteiger partial charge in [0.1, 0.15) is 18.2 Å². The van der Waals surface area contributed by atoms with Crippen molar-refractivity contribution < 1.29 is 13.5 Å². The molecule has 2 N–H and O–H groups in total. The highest BCUT2D eigenvalue weighted by Crippen LogP contribution is 2.12. The van der Waals surface area contributed by atoms with E-state index < -0.39 is 0 Å². The van der Waals surface area contributed by atoms with Crippen molar-refractivity contribution in [3.8, 4) is 11.8 Å². The molecule has 0 saturated carbocycles. The molecule has 19 heavy (non-hydrogen) atoms. The van der Waals surface area contributed by atoms with Crippen LogP contribution in [-0.2, 0) is 18.0 Å². The van der Waals surface area contributed by atoms with Crippen molar-refractivity contribution in [1.29, 1.82) is 0 Å². The van der Waals surface area contributed by atoms with Crippen LogP contribution in [0.15, 0.2) is 41.0 Å². The second-order valence-electron chi connectivity index (χ2n) is 3.89. The Balaban J connectivity index is 1.96. The minimum absolute atomic E-state index is 0.207. The molecule has 0 unspecified atom stereocenters. The summed E-state index contributed by atoms with van der Waals surface area (Å²) in [6.45, 7) is 0.963. The molecule has 0 aliphatic carbocycles. The van der Waals surface area contributed by atoms with Gasteiger partial charge in [-0.1, -0.05) is 17.9 Å². The van der Waals surface area contributed by atoms with Gasteiger partial charge in [0.25, 0.3) is 0 Å². The molecule has 0 spiro atoms. The molecule has 1 heterocycles. The fourth-order valence-electron chi connectivity index (χ4n) is 1.57. The van der Waals surface area contributed by atoms with E-state index in [9.17, 15) is 4.39 Å². The summed E-state index contributed by atoms with van der Waals surface area (Å²) >= 11 is 0. The van der Waals surface area contributed by atoms with Crippen LogP contribution in [0.25, 0.3) is 0 Å². The van der Waals surface area contributed by atoms with Crippen LogP contribution in [-0.4, -0.2) is 6.54 Å². The molecule has 0 radical (unpaired) electrons. The highest BCUT2D eigenvalue weighted by atomic mass is 19.1. The minimum Gasteiger partial charge on any atom is -0.467 e. The Hall–Kier alpha value is -2.09. The first kappa shape index (κ1) is 13.3. The van der Waals surface area contributed by atoms with Gasteiger partial charge in [-0.15, -0.1) is 0 Å². The van der Waals surface area contributed by atoms with Crippen LogP contribution >= 0.6 is 0 Å². The Morgan fingerprint density at radius 2 is 2.16 bits per heavy atom. The lowest BCUT2D eigenvalue weighted by atomic mass is 10.1. The Labute approximate surface area is 111 Å². The zero-order valence-electron chi connectivity index (χ0n) is 10.4. The lowest BCUT2D eigenvalue weighted by molar-refractivity contribution is 0.0929.